The summed E-state index contributed by atoms with van der Waals surface area (Å²) in [6, 6.07) is 11.6. The maximum Gasteiger partial charge on any atom is 0.279 e. The molecule has 5 nitrogen and oxygen atoms in total. The predicted molar refractivity (Wildman–Crippen MR) is 91.8 cm³/mol. The fraction of sp³-hybridized carbons (Fsp3) is 0.412. The van der Waals surface area contributed by atoms with Crippen molar-refractivity contribution in [3.05, 3.63) is 42.0 Å². The molecular weight excluding hydrogens is 312 g/mol. The van der Waals surface area contributed by atoms with E-state index in [1.165, 1.54) is 4.31 Å². The van der Waals surface area contributed by atoms with Gasteiger partial charge in [-0.2, -0.15) is 17.4 Å². The van der Waals surface area contributed by atoms with Crippen molar-refractivity contribution in [1.29, 1.82) is 0 Å². The van der Waals surface area contributed by atoms with Gasteiger partial charge in [0, 0.05) is 19.1 Å². The number of rotatable bonds is 5. The summed E-state index contributed by atoms with van der Waals surface area (Å²) in [6.07, 6.45) is 1.88. The van der Waals surface area contributed by atoms with Crippen LogP contribution in [0.25, 0.3) is 10.8 Å². The van der Waals surface area contributed by atoms with Gasteiger partial charge in [-0.25, -0.2) is 0 Å². The second-order valence-electron chi connectivity index (χ2n) is 5.92. The van der Waals surface area contributed by atoms with Gasteiger partial charge in [-0.3, -0.25) is 0 Å². The Bertz CT molecular complexity index is 799. The minimum atomic E-state index is -3.41. The normalized spacial score (nSPS) is 17.5. The van der Waals surface area contributed by atoms with Crippen molar-refractivity contribution in [3.8, 4) is 5.75 Å². The molecular formula is C17H22N2O3S. The summed E-state index contributed by atoms with van der Waals surface area (Å²) in [5, 5.41) is 2.14. The van der Waals surface area contributed by atoms with Crippen LogP contribution in [0.5, 0.6) is 5.75 Å². The fourth-order valence-corrected chi connectivity index (χ4v) is 4.40. The van der Waals surface area contributed by atoms with Crippen LogP contribution in [-0.4, -0.2) is 32.9 Å². The first-order valence-electron chi connectivity index (χ1n) is 7.85. The van der Waals surface area contributed by atoms with Gasteiger partial charge in [0.1, 0.15) is 5.75 Å². The highest BCUT2D eigenvalue weighted by Crippen LogP contribution is 2.25. The molecule has 124 valence electrons. The van der Waals surface area contributed by atoms with Crippen LogP contribution in [-0.2, 0) is 10.2 Å². The highest BCUT2D eigenvalue weighted by molar-refractivity contribution is 7.87. The number of nitrogens with one attached hydrogen (secondary N) is 1. The number of hydrogen-bond acceptors (Lipinski definition) is 3. The lowest BCUT2D eigenvalue weighted by Crippen LogP contribution is -2.40. The summed E-state index contributed by atoms with van der Waals surface area (Å²) in [6.45, 7) is 3.09. The van der Waals surface area contributed by atoms with Gasteiger partial charge in [0.25, 0.3) is 10.2 Å². The molecule has 0 saturated carbocycles. The molecule has 1 saturated heterocycles. The van der Waals surface area contributed by atoms with Crippen LogP contribution < -0.4 is 9.46 Å². The molecule has 1 N–H and O–H groups in total. The minimum absolute atomic E-state index is 0.271. The number of nitrogens with zero attached hydrogens (tertiary/aromatic N) is 1. The van der Waals surface area contributed by atoms with Crippen LogP contribution in [0.2, 0.25) is 0 Å². The average Bonchev–Trinajstić information content (AvgIpc) is 3.08. The number of ether oxygens (including phenoxy) is 1. The molecule has 1 atom stereocenters. The van der Waals surface area contributed by atoms with Crippen LogP contribution in [0.3, 0.4) is 0 Å². The Morgan fingerprint density at radius 3 is 2.43 bits per heavy atom. The quantitative estimate of drug-likeness (QED) is 0.915. The van der Waals surface area contributed by atoms with E-state index in [9.17, 15) is 8.42 Å². The molecule has 0 spiro atoms. The number of hydrogen-bond donors (Lipinski definition) is 1. The van der Waals surface area contributed by atoms with Crippen molar-refractivity contribution in [1.82, 2.24) is 9.03 Å². The van der Waals surface area contributed by atoms with E-state index in [0.29, 0.717) is 13.1 Å². The molecule has 0 bridgehead atoms. The molecule has 1 unspecified atom stereocenters. The van der Waals surface area contributed by atoms with Crippen molar-refractivity contribution in [2.45, 2.75) is 25.8 Å². The van der Waals surface area contributed by atoms with Crippen molar-refractivity contribution in [2.24, 2.45) is 0 Å². The van der Waals surface area contributed by atoms with Crippen molar-refractivity contribution >= 4 is 21.0 Å². The van der Waals surface area contributed by atoms with Gasteiger partial charge in [-0.15, -0.1) is 0 Å². The van der Waals surface area contributed by atoms with Crippen LogP contribution >= 0.6 is 0 Å². The molecule has 1 aliphatic rings. The van der Waals surface area contributed by atoms with Gasteiger partial charge < -0.3 is 4.74 Å². The molecule has 0 radical (unpaired) electrons. The molecule has 0 amide bonds. The minimum Gasteiger partial charge on any atom is -0.497 e. The lowest BCUT2D eigenvalue weighted by Gasteiger charge is -2.20. The zero-order valence-corrected chi connectivity index (χ0v) is 14.3. The Morgan fingerprint density at radius 1 is 1.09 bits per heavy atom. The Balaban J connectivity index is 1.81. The van der Waals surface area contributed by atoms with E-state index in [4.69, 9.17) is 4.74 Å². The Hall–Kier alpha value is -1.63. The summed E-state index contributed by atoms with van der Waals surface area (Å²) < 4.78 is 34.2. The summed E-state index contributed by atoms with van der Waals surface area (Å²) >= 11 is 0. The number of methoxy groups -OCH3 is 1. The third-order valence-corrected chi connectivity index (χ3v) is 6.00. The van der Waals surface area contributed by atoms with Crippen molar-refractivity contribution < 1.29 is 13.2 Å². The second kappa shape index (κ2) is 6.47. The van der Waals surface area contributed by atoms with E-state index in [0.717, 1.165) is 34.9 Å². The number of fused-ring (bicyclic) bond motifs is 1. The maximum atomic E-state index is 12.4. The molecule has 1 fully saturated rings. The lowest BCUT2D eigenvalue weighted by molar-refractivity contribution is 0.415. The first kappa shape index (κ1) is 16.2. The standard InChI is InChI=1S/C17H22N2O3S/c1-13(18-23(20,21)19-9-3-4-10-19)14-5-6-16-12-17(22-2)8-7-15(16)11-14/h5-8,11-13,18H,3-4,9-10H2,1-2H3. The first-order chi connectivity index (χ1) is 11.0. The maximum absolute atomic E-state index is 12.4. The molecule has 1 aliphatic heterocycles. The predicted octanol–water partition coefficient (Wildman–Crippen LogP) is 2.84. The molecule has 3 rings (SSSR count). The fourth-order valence-electron chi connectivity index (χ4n) is 2.93. The van der Waals surface area contributed by atoms with E-state index < -0.39 is 10.2 Å². The largest absolute Gasteiger partial charge is 0.497 e. The molecule has 2 aromatic rings. The number of benzene rings is 2. The Morgan fingerprint density at radius 2 is 1.74 bits per heavy atom. The summed E-state index contributed by atoms with van der Waals surface area (Å²) in [5.74, 6) is 0.813. The third-order valence-electron chi connectivity index (χ3n) is 4.30. The van der Waals surface area contributed by atoms with Gasteiger partial charge in [0.05, 0.1) is 7.11 Å². The zero-order valence-electron chi connectivity index (χ0n) is 13.5. The van der Waals surface area contributed by atoms with Crippen molar-refractivity contribution in [3.63, 3.8) is 0 Å². The van der Waals surface area contributed by atoms with Gasteiger partial charge in [0.15, 0.2) is 0 Å². The van der Waals surface area contributed by atoms with E-state index >= 15 is 0 Å². The van der Waals surface area contributed by atoms with E-state index in [1.807, 2.05) is 43.3 Å². The first-order valence-corrected chi connectivity index (χ1v) is 9.29. The van der Waals surface area contributed by atoms with Crippen molar-refractivity contribution in [2.75, 3.05) is 20.2 Å². The van der Waals surface area contributed by atoms with Crippen LogP contribution in [0, 0.1) is 0 Å². The SMILES string of the molecule is COc1ccc2cc(C(C)NS(=O)(=O)N3CCCC3)ccc2c1. The highest BCUT2D eigenvalue weighted by Gasteiger charge is 2.26. The smallest absolute Gasteiger partial charge is 0.279 e. The summed E-state index contributed by atoms with van der Waals surface area (Å²) in [4.78, 5) is 0. The molecule has 6 heteroatoms. The lowest BCUT2D eigenvalue weighted by atomic mass is 10.0. The topological polar surface area (TPSA) is 58.6 Å². The average molecular weight is 334 g/mol. The van der Waals surface area contributed by atoms with Gasteiger partial charge >= 0.3 is 0 Å². The van der Waals surface area contributed by atoms with E-state index in [1.54, 1.807) is 7.11 Å². The van der Waals surface area contributed by atoms with Gasteiger partial charge in [-0.1, -0.05) is 18.2 Å². The monoisotopic (exact) mass is 334 g/mol. The second-order valence-corrected chi connectivity index (χ2v) is 7.63. The molecule has 0 aromatic heterocycles. The van der Waals surface area contributed by atoms with Gasteiger partial charge in [0.2, 0.25) is 0 Å². The summed E-state index contributed by atoms with van der Waals surface area (Å²) in [7, 11) is -1.76. The zero-order chi connectivity index (χ0) is 16.4. The molecule has 1 heterocycles. The van der Waals surface area contributed by atoms with E-state index in [-0.39, 0.29) is 6.04 Å². The molecule has 2 aromatic carbocycles. The Kier molecular flexibility index (Phi) is 4.57. The van der Waals surface area contributed by atoms with Crippen LogP contribution in [0.1, 0.15) is 31.4 Å². The third kappa shape index (κ3) is 3.49. The van der Waals surface area contributed by atoms with E-state index in [2.05, 4.69) is 4.72 Å². The van der Waals surface area contributed by atoms with Crippen LogP contribution in [0.15, 0.2) is 36.4 Å². The molecule has 0 aliphatic carbocycles. The van der Waals surface area contributed by atoms with Crippen LogP contribution in [0.4, 0.5) is 0 Å². The van der Waals surface area contributed by atoms with Gasteiger partial charge in [-0.05, 0) is 54.3 Å². The molecule has 23 heavy (non-hydrogen) atoms. The Labute approximate surface area is 137 Å². The summed E-state index contributed by atoms with van der Waals surface area (Å²) in [5.41, 5.74) is 0.949. The highest BCUT2D eigenvalue weighted by atomic mass is 32.2.